The molecule has 0 fully saturated rings. The molecule has 144 valence electrons. The maximum Gasteiger partial charge on any atom is 0.253 e. The second-order valence-electron chi connectivity index (χ2n) is 7.65. The molecule has 0 unspecified atom stereocenters. The van der Waals surface area contributed by atoms with E-state index in [4.69, 9.17) is 4.74 Å². The molecule has 0 spiro atoms. The van der Waals surface area contributed by atoms with Crippen LogP contribution >= 0.6 is 0 Å². The first kappa shape index (κ1) is 20.1. The Bertz CT molecular complexity index is 662. The van der Waals surface area contributed by atoms with Crippen LogP contribution in [0.5, 0.6) is 5.75 Å². The Morgan fingerprint density at radius 1 is 1.19 bits per heavy atom. The summed E-state index contributed by atoms with van der Waals surface area (Å²) in [5, 5.41) is 0. The van der Waals surface area contributed by atoms with Crippen molar-refractivity contribution in [2.24, 2.45) is 0 Å². The first-order chi connectivity index (χ1) is 12.1. The molecular weight excluding hydrogens is 330 g/mol. The van der Waals surface area contributed by atoms with Crippen molar-refractivity contribution >= 4 is 17.5 Å². The smallest absolute Gasteiger partial charge is 0.253 e. The highest BCUT2D eigenvalue weighted by molar-refractivity contribution is 5.95. The number of nitrogens with zero attached hydrogens (tertiary/aromatic N) is 3. The molecule has 1 heterocycles. The summed E-state index contributed by atoms with van der Waals surface area (Å²) in [5.74, 6) is 0.820. The van der Waals surface area contributed by atoms with Crippen LogP contribution in [0, 0.1) is 0 Å². The SMILES string of the molecule is CC(C)N(C(=O)C[C@@H]1COc2ccc(C(=O)N(C)C)cc2N1C)C(C)C. The van der Waals surface area contributed by atoms with E-state index < -0.39 is 0 Å². The Morgan fingerprint density at radius 2 is 1.81 bits per heavy atom. The maximum atomic E-state index is 12.8. The second kappa shape index (κ2) is 7.98. The molecule has 1 aromatic carbocycles. The van der Waals surface area contributed by atoms with E-state index in [9.17, 15) is 9.59 Å². The number of ether oxygens (including phenoxy) is 1. The molecule has 2 amide bonds. The molecule has 0 bridgehead atoms. The van der Waals surface area contributed by atoms with Crippen molar-refractivity contribution in [2.75, 3.05) is 32.6 Å². The normalized spacial score (nSPS) is 16.3. The van der Waals surface area contributed by atoms with Crippen LogP contribution in [0.25, 0.3) is 0 Å². The van der Waals surface area contributed by atoms with Gasteiger partial charge in [-0.05, 0) is 45.9 Å². The van der Waals surface area contributed by atoms with E-state index in [1.165, 1.54) is 0 Å². The highest BCUT2D eigenvalue weighted by Crippen LogP contribution is 2.35. The van der Waals surface area contributed by atoms with E-state index in [0.717, 1.165) is 11.4 Å². The molecule has 2 rings (SSSR count). The lowest BCUT2D eigenvalue weighted by atomic mass is 10.1. The predicted molar refractivity (Wildman–Crippen MR) is 104 cm³/mol. The fraction of sp³-hybridized carbons (Fsp3) is 0.600. The number of likely N-dealkylation sites (N-methyl/N-ethyl adjacent to an activating group) is 1. The van der Waals surface area contributed by atoms with Gasteiger partial charge in [-0.1, -0.05) is 0 Å². The van der Waals surface area contributed by atoms with Crippen molar-refractivity contribution in [1.29, 1.82) is 0 Å². The molecule has 0 saturated carbocycles. The standard InChI is InChI=1S/C20H31N3O3/c1-13(2)23(14(3)4)19(24)11-16-12-26-18-9-8-15(20(25)21(5)6)10-17(18)22(16)7/h8-10,13-14,16H,11-12H2,1-7H3/t16-/m1/s1. The van der Waals surface area contributed by atoms with Crippen LogP contribution in [0.1, 0.15) is 44.5 Å². The number of hydrogen-bond acceptors (Lipinski definition) is 4. The lowest BCUT2D eigenvalue weighted by Crippen LogP contribution is -2.48. The minimum absolute atomic E-state index is 0.0507. The van der Waals surface area contributed by atoms with Gasteiger partial charge in [-0.2, -0.15) is 0 Å². The molecular formula is C20H31N3O3. The van der Waals surface area contributed by atoms with Gasteiger partial charge in [-0.15, -0.1) is 0 Å². The van der Waals surface area contributed by atoms with Gasteiger partial charge in [0, 0.05) is 38.8 Å². The molecule has 0 aromatic heterocycles. The summed E-state index contributed by atoms with van der Waals surface area (Å²) in [5.41, 5.74) is 1.46. The van der Waals surface area contributed by atoms with Gasteiger partial charge in [0.25, 0.3) is 5.91 Å². The van der Waals surface area contributed by atoms with Gasteiger partial charge >= 0.3 is 0 Å². The summed E-state index contributed by atoms with van der Waals surface area (Å²) in [6, 6.07) is 5.72. The lowest BCUT2D eigenvalue weighted by Gasteiger charge is -2.38. The quantitative estimate of drug-likeness (QED) is 0.809. The molecule has 0 N–H and O–H groups in total. The van der Waals surface area contributed by atoms with Crippen molar-refractivity contribution in [2.45, 2.75) is 52.2 Å². The molecule has 1 aromatic rings. The molecule has 0 aliphatic carbocycles. The minimum atomic E-state index is -0.0558. The zero-order valence-corrected chi connectivity index (χ0v) is 16.9. The molecule has 6 nitrogen and oxygen atoms in total. The van der Waals surface area contributed by atoms with Crippen molar-refractivity contribution in [3.05, 3.63) is 23.8 Å². The number of benzene rings is 1. The van der Waals surface area contributed by atoms with Crippen LogP contribution < -0.4 is 9.64 Å². The van der Waals surface area contributed by atoms with E-state index in [0.29, 0.717) is 18.6 Å². The Labute approximate surface area is 156 Å². The van der Waals surface area contributed by atoms with Gasteiger partial charge < -0.3 is 19.4 Å². The molecule has 6 heteroatoms. The van der Waals surface area contributed by atoms with Gasteiger partial charge in [-0.3, -0.25) is 9.59 Å². The first-order valence-electron chi connectivity index (χ1n) is 9.16. The summed E-state index contributed by atoms with van der Waals surface area (Å²) in [6.45, 7) is 8.60. The zero-order chi connectivity index (χ0) is 19.6. The minimum Gasteiger partial charge on any atom is -0.489 e. The Balaban J connectivity index is 2.20. The lowest BCUT2D eigenvalue weighted by molar-refractivity contribution is -0.135. The molecule has 1 aliphatic rings. The van der Waals surface area contributed by atoms with Gasteiger partial charge in [0.2, 0.25) is 5.91 Å². The van der Waals surface area contributed by atoms with E-state index >= 15 is 0 Å². The maximum absolute atomic E-state index is 12.8. The summed E-state index contributed by atoms with van der Waals surface area (Å²) >= 11 is 0. The molecule has 26 heavy (non-hydrogen) atoms. The predicted octanol–water partition coefficient (Wildman–Crippen LogP) is 2.62. The fourth-order valence-corrected chi connectivity index (χ4v) is 3.48. The monoisotopic (exact) mass is 361 g/mol. The van der Waals surface area contributed by atoms with E-state index in [1.807, 2.05) is 51.8 Å². The van der Waals surface area contributed by atoms with Gasteiger partial charge in [0.1, 0.15) is 12.4 Å². The van der Waals surface area contributed by atoms with Crippen molar-refractivity contribution in [3.63, 3.8) is 0 Å². The summed E-state index contributed by atoms with van der Waals surface area (Å²) < 4.78 is 5.87. The van der Waals surface area contributed by atoms with Crippen molar-refractivity contribution < 1.29 is 14.3 Å². The van der Waals surface area contributed by atoms with Crippen molar-refractivity contribution in [1.82, 2.24) is 9.80 Å². The highest BCUT2D eigenvalue weighted by Gasteiger charge is 2.30. The Hall–Kier alpha value is -2.24. The van der Waals surface area contributed by atoms with Crippen LogP contribution in [-0.4, -0.2) is 67.5 Å². The number of hydrogen-bond donors (Lipinski definition) is 0. The average Bonchev–Trinajstić information content (AvgIpc) is 2.55. The Morgan fingerprint density at radius 3 is 2.35 bits per heavy atom. The third-order valence-corrected chi connectivity index (χ3v) is 4.78. The number of carbonyl (C=O) groups is 2. The molecule has 1 atom stereocenters. The van der Waals surface area contributed by atoms with Crippen LogP contribution in [0.3, 0.4) is 0 Å². The van der Waals surface area contributed by atoms with Gasteiger partial charge in [-0.25, -0.2) is 0 Å². The van der Waals surface area contributed by atoms with Crippen LogP contribution in [0.2, 0.25) is 0 Å². The average molecular weight is 361 g/mol. The number of carbonyl (C=O) groups excluding carboxylic acids is 2. The van der Waals surface area contributed by atoms with Crippen LogP contribution in [0.15, 0.2) is 18.2 Å². The molecule has 1 aliphatic heterocycles. The second-order valence-corrected chi connectivity index (χ2v) is 7.65. The van der Waals surface area contributed by atoms with Crippen molar-refractivity contribution in [3.8, 4) is 5.75 Å². The van der Waals surface area contributed by atoms with Crippen LogP contribution in [0.4, 0.5) is 5.69 Å². The zero-order valence-electron chi connectivity index (χ0n) is 16.9. The number of rotatable bonds is 5. The summed E-state index contributed by atoms with van der Waals surface area (Å²) in [4.78, 5) is 30.6. The largest absolute Gasteiger partial charge is 0.489 e. The highest BCUT2D eigenvalue weighted by atomic mass is 16.5. The fourth-order valence-electron chi connectivity index (χ4n) is 3.48. The van der Waals surface area contributed by atoms with E-state index in [1.54, 1.807) is 25.1 Å². The van der Waals surface area contributed by atoms with E-state index in [-0.39, 0.29) is 29.9 Å². The molecule has 0 saturated heterocycles. The number of fused-ring (bicyclic) bond motifs is 1. The third kappa shape index (κ3) is 4.11. The summed E-state index contributed by atoms with van der Waals surface area (Å²) in [7, 11) is 5.42. The Kier molecular flexibility index (Phi) is 6.16. The van der Waals surface area contributed by atoms with Gasteiger partial charge in [0.05, 0.1) is 18.2 Å². The number of amides is 2. The van der Waals surface area contributed by atoms with E-state index in [2.05, 4.69) is 4.90 Å². The first-order valence-corrected chi connectivity index (χ1v) is 9.16. The van der Waals surface area contributed by atoms with Gasteiger partial charge in [0.15, 0.2) is 0 Å². The molecule has 0 radical (unpaired) electrons. The third-order valence-electron chi connectivity index (χ3n) is 4.78. The number of anilines is 1. The van der Waals surface area contributed by atoms with Crippen LogP contribution in [-0.2, 0) is 4.79 Å². The topological polar surface area (TPSA) is 53.1 Å². The summed E-state index contributed by atoms with van der Waals surface area (Å²) in [6.07, 6.45) is 0.387.